The van der Waals surface area contributed by atoms with Crippen molar-refractivity contribution in [3.63, 3.8) is 0 Å². The summed E-state index contributed by atoms with van der Waals surface area (Å²) >= 11 is 0. The second kappa shape index (κ2) is 7.67. The highest BCUT2D eigenvalue weighted by Crippen LogP contribution is 2.48. The largest absolute Gasteiger partial charge is 0.534 e. The van der Waals surface area contributed by atoms with E-state index in [4.69, 9.17) is 4.84 Å². The predicted molar refractivity (Wildman–Crippen MR) is 100 cm³/mol. The minimum Gasteiger partial charge on any atom is -0.479 e. The van der Waals surface area contributed by atoms with Crippen molar-refractivity contribution in [2.45, 2.75) is 24.2 Å². The molecule has 32 heavy (non-hydrogen) atoms. The molecular formula is C19H15F3N2O7S. The lowest BCUT2D eigenvalue weighted by molar-refractivity contribution is -0.143. The molecule has 2 unspecified atom stereocenters. The summed E-state index contributed by atoms with van der Waals surface area (Å²) in [4.78, 5) is 31.3. The van der Waals surface area contributed by atoms with Crippen molar-refractivity contribution in [1.82, 2.24) is 9.96 Å². The number of carboxylic acids is 1. The van der Waals surface area contributed by atoms with Crippen LogP contribution in [0.5, 0.6) is 5.75 Å². The molecule has 2 amide bonds. The number of alkyl halides is 3. The minimum atomic E-state index is -6.03. The topological polar surface area (TPSA) is 113 Å². The standard InChI is InChI=1S/C19H15F3N2O7S/c20-19(21,22)32(28,29)31-14-8-4-7-12-15(14)13-9-23(16(12)17(25)26)18(27)24(13)30-10-11-5-2-1-3-6-11/h1-8,13,16H,9-10H2,(H,25,26). The summed E-state index contributed by atoms with van der Waals surface area (Å²) in [6.07, 6.45) is 0. The van der Waals surface area contributed by atoms with Crippen LogP contribution >= 0.6 is 0 Å². The molecule has 2 aromatic carbocycles. The van der Waals surface area contributed by atoms with E-state index in [9.17, 15) is 36.3 Å². The molecule has 0 spiro atoms. The molecule has 2 atom stereocenters. The molecule has 13 heteroatoms. The SMILES string of the molecule is O=C(O)C1c2cccc(OS(=O)(=O)C(F)(F)F)c2C2CN1C(=O)N2OCc1ccccc1. The number of benzene rings is 2. The summed E-state index contributed by atoms with van der Waals surface area (Å²) in [5.74, 6) is -2.17. The van der Waals surface area contributed by atoms with Gasteiger partial charge in [0.2, 0.25) is 0 Å². The Bertz CT molecular complexity index is 1170. The van der Waals surface area contributed by atoms with E-state index in [1.165, 1.54) is 6.07 Å². The minimum absolute atomic E-state index is 0.0669. The van der Waals surface area contributed by atoms with E-state index >= 15 is 0 Å². The Morgan fingerprint density at radius 2 is 1.81 bits per heavy atom. The van der Waals surface area contributed by atoms with Gasteiger partial charge in [-0.1, -0.05) is 42.5 Å². The first-order chi connectivity index (χ1) is 15.0. The van der Waals surface area contributed by atoms with Crippen molar-refractivity contribution in [2.75, 3.05) is 6.54 Å². The third kappa shape index (κ3) is 3.62. The molecule has 4 rings (SSSR count). The van der Waals surface area contributed by atoms with Gasteiger partial charge in [-0.25, -0.2) is 9.59 Å². The average molecular weight is 472 g/mol. The number of hydroxylamine groups is 2. The van der Waals surface area contributed by atoms with Gasteiger partial charge in [-0.2, -0.15) is 26.7 Å². The molecule has 2 aliphatic rings. The van der Waals surface area contributed by atoms with Crippen LogP contribution in [-0.4, -0.2) is 47.5 Å². The van der Waals surface area contributed by atoms with Crippen LogP contribution < -0.4 is 4.18 Å². The van der Waals surface area contributed by atoms with Gasteiger partial charge in [0.25, 0.3) is 0 Å². The molecule has 2 heterocycles. The zero-order valence-corrected chi connectivity index (χ0v) is 16.8. The lowest BCUT2D eigenvalue weighted by Crippen LogP contribution is -2.38. The van der Waals surface area contributed by atoms with Crippen LogP contribution in [0.3, 0.4) is 0 Å². The number of carbonyl (C=O) groups is 2. The molecule has 2 aromatic rings. The van der Waals surface area contributed by atoms with Crippen molar-refractivity contribution >= 4 is 22.1 Å². The van der Waals surface area contributed by atoms with Gasteiger partial charge in [-0.3, -0.25) is 4.84 Å². The van der Waals surface area contributed by atoms with E-state index in [0.29, 0.717) is 5.56 Å². The molecule has 0 aromatic heterocycles. The fourth-order valence-corrected chi connectivity index (χ4v) is 4.19. The second-order valence-corrected chi connectivity index (χ2v) is 8.56. The van der Waals surface area contributed by atoms with Gasteiger partial charge in [0.05, 0.1) is 6.54 Å². The molecule has 1 N–H and O–H groups in total. The Morgan fingerprint density at radius 3 is 2.44 bits per heavy atom. The van der Waals surface area contributed by atoms with E-state index in [1.807, 2.05) is 0 Å². The first-order valence-corrected chi connectivity index (χ1v) is 10.5. The molecule has 0 saturated carbocycles. The van der Waals surface area contributed by atoms with Crippen LogP contribution in [0.25, 0.3) is 0 Å². The number of rotatable bonds is 6. The Kier molecular flexibility index (Phi) is 5.25. The molecule has 9 nitrogen and oxygen atoms in total. The van der Waals surface area contributed by atoms with E-state index in [2.05, 4.69) is 4.18 Å². The highest BCUT2D eigenvalue weighted by molar-refractivity contribution is 7.88. The van der Waals surface area contributed by atoms with Crippen molar-refractivity contribution in [3.05, 3.63) is 65.2 Å². The summed E-state index contributed by atoms with van der Waals surface area (Å²) in [5.41, 5.74) is -5.26. The maximum atomic E-state index is 12.9. The summed E-state index contributed by atoms with van der Waals surface area (Å²) < 4.78 is 66.2. The molecule has 1 saturated heterocycles. The smallest absolute Gasteiger partial charge is 0.479 e. The first-order valence-electron chi connectivity index (χ1n) is 9.14. The van der Waals surface area contributed by atoms with E-state index in [1.54, 1.807) is 30.3 Å². The molecule has 170 valence electrons. The molecule has 0 aliphatic carbocycles. The normalized spacial score (nSPS) is 20.3. The Labute approximate surface area is 179 Å². The van der Waals surface area contributed by atoms with Gasteiger partial charge in [-0.05, 0) is 17.2 Å². The maximum absolute atomic E-state index is 12.9. The molecule has 2 bridgehead atoms. The van der Waals surface area contributed by atoms with Crippen LogP contribution in [0.15, 0.2) is 48.5 Å². The van der Waals surface area contributed by atoms with Crippen molar-refractivity contribution in [3.8, 4) is 5.75 Å². The monoisotopic (exact) mass is 472 g/mol. The fourth-order valence-electron chi connectivity index (χ4n) is 3.71. The predicted octanol–water partition coefficient (Wildman–Crippen LogP) is 2.96. The van der Waals surface area contributed by atoms with Gasteiger partial charge in [0, 0.05) is 5.56 Å². The highest BCUT2D eigenvalue weighted by Gasteiger charge is 2.54. The Hall–Kier alpha value is -3.32. The highest BCUT2D eigenvalue weighted by atomic mass is 32.2. The number of amides is 2. The zero-order valence-electron chi connectivity index (χ0n) is 16.0. The summed E-state index contributed by atoms with van der Waals surface area (Å²) in [6, 6.07) is 8.60. The van der Waals surface area contributed by atoms with Crippen LogP contribution in [0.1, 0.15) is 28.8 Å². The van der Waals surface area contributed by atoms with E-state index < -0.39 is 45.5 Å². The molecule has 2 aliphatic heterocycles. The number of hydrogen-bond acceptors (Lipinski definition) is 6. The van der Waals surface area contributed by atoms with Gasteiger partial charge in [-0.15, -0.1) is 0 Å². The Balaban J connectivity index is 1.76. The summed E-state index contributed by atoms with van der Waals surface area (Å²) in [5, 5.41) is 10.5. The zero-order chi connectivity index (χ0) is 23.3. The number of aliphatic carboxylic acids is 1. The molecular weight excluding hydrogens is 457 g/mol. The maximum Gasteiger partial charge on any atom is 0.534 e. The number of carbonyl (C=O) groups excluding carboxylic acids is 1. The number of halogens is 3. The summed E-state index contributed by atoms with van der Waals surface area (Å²) in [7, 11) is -6.03. The average Bonchev–Trinajstić information content (AvgIpc) is 2.98. The van der Waals surface area contributed by atoms with Crippen LogP contribution in [-0.2, 0) is 26.4 Å². The lowest BCUT2D eigenvalue weighted by atomic mass is 9.90. The number of hydrogen-bond donors (Lipinski definition) is 1. The van der Waals surface area contributed by atoms with Gasteiger partial charge < -0.3 is 14.2 Å². The van der Waals surface area contributed by atoms with Crippen LogP contribution in [0.2, 0.25) is 0 Å². The van der Waals surface area contributed by atoms with Crippen molar-refractivity contribution < 1.29 is 45.3 Å². The van der Waals surface area contributed by atoms with Gasteiger partial charge in [0.1, 0.15) is 18.4 Å². The van der Waals surface area contributed by atoms with Crippen molar-refractivity contribution in [1.29, 1.82) is 0 Å². The van der Waals surface area contributed by atoms with E-state index in [-0.39, 0.29) is 24.3 Å². The van der Waals surface area contributed by atoms with Crippen molar-refractivity contribution in [2.24, 2.45) is 0 Å². The van der Waals surface area contributed by atoms with Gasteiger partial charge in [0.15, 0.2) is 6.04 Å². The molecule has 1 fully saturated rings. The third-order valence-electron chi connectivity index (χ3n) is 5.06. The number of urea groups is 1. The lowest BCUT2D eigenvalue weighted by Gasteiger charge is -2.31. The number of fused-ring (bicyclic) bond motifs is 4. The second-order valence-electron chi connectivity index (χ2n) is 7.02. The van der Waals surface area contributed by atoms with E-state index in [0.717, 1.165) is 22.1 Å². The first kappa shape index (κ1) is 21.9. The van der Waals surface area contributed by atoms with Crippen LogP contribution in [0.4, 0.5) is 18.0 Å². The summed E-state index contributed by atoms with van der Waals surface area (Å²) in [6.45, 7) is -0.335. The third-order valence-corrected chi connectivity index (χ3v) is 6.02. The fraction of sp³-hybridized carbons (Fsp3) is 0.263. The van der Waals surface area contributed by atoms with Gasteiger partial charge >= 0.3 is 27.6 Å². The van der Waals surface area contributed by atoms with Crippen LogP contribution in [0, 0.1) is 0 Å². The number of carboxylic acid groups (broad SMARTS) is 1. The number of nitrogens with zero attached hydrogens (tertiary/aromatic N) is 2. The molecule has 0 radical (unpaired) electrons. The Morgan fingerprint density at radius 1 is 1.12 bits per heavy atom. The quantitative estimate of drug-likeness (QED) is 0.508.